The second-order valence-corrected chi connectivity index (χ2v) is 4.01. The van der Waals surface area contributed by atoms with E-state index in [9.17, 15) is 4.79 Å². The molecule has 5 nitrogen and oxygen atoms in total. The lowest BCUT2D eigenvalue weighted by atomic mass is 10.2. The highest BCUT2D eigenvalue weighted by Gasteiger charge is 2.16. The highest BCUT2D eigenvalue weighted by atomic mass is 16.2. The van der Waals surface area contributed by atoms with Crippen molar-refractivity contribution in [3.63, 3.8) is 0 Å². The van der Waals surface area contributed by atoms with E-state index >= 15 is 0 Å². The molecule has 0 bridgehead atoms. The summed E-state index contributed by atoms with van der Waals surface area (Å²) in [5.74, 6) is 0.206. The quantitative estimate of drug-likeness (QED) is 0.775. The van der Waals surface area contributed by atoms with E-state index in [0.29, 0.717) is 6.42 Å². The first-order valence-electron chi connectivity index (χ1n) is 5.79. The molecule has 1 N–H and O–H groups in total. The van der Waals surface area contributed by atoms with Crippen LogP contribution in [0, 0.1) is 0 Å². The van der Waals surface area contributed by atoms with Crippen molar-refractivity contribution >= 4 is 5.91 Å². The Bertz CT molecular complexity index is 355. The number of aryl methyl sites for hydroxylation is 1. The minimum atomic E-state index is 0.206. The van der Waals surface area contributed by atoms with Crippen molar-refractivity contribution < 1.29 is 4.79 Å². The van der Waals surface area contributed by atoms with E-state index in [1.165, 1.54) is 0 Å². The maximum atomic E-state index is 11.9. The standard InChI is InChI=1S/C11H18N4O/c1-2-15-9-10(8-13-15)7-11(16)14-5-3-12-4-6-14/h8-9,12H,2-7H2,1H3. The Morgan fingerprint density at radius 3 is 2.88 bits per heavy atom. The van der Waals surface area contributed by atoms with Gasteiger partial charge in [0.2, 0.25) is 5.91 Å². The second-order valence-electron chi connectivity index (χ2n) is 4.01. The summed E-state index contributed by atoms with van der Waals surface area (Å²) in [5, 5.41) is 7.40. The Kier molecular flexibility index (Phi) is 3.56. The summed E-state index contributed by atoms with van der Waals surface area (Å²) < 4.78 is 1.85. The Labute approximate surface area is 95.4 Å². The molecule has 2 heterocycles. The summed E-state index contributed by atoms with van der Waals surface area (Å²) in [6.07, 6.45) is 4.20. The molecule has 5 heteroatoms. The molecule has 1 aliphatic heterocycles. The van der Waals surface area contributed by atoms with Crippen molar-refractivity contribution in [2.75, 3.05) is 26.2 Å². The summed E-state index contributed by atoms with van der Waals surface area (Å²) in [5.41, 5.74) is 1.00. The predicted octanol–water partition coefficient (Wildman–Crippen LogP) is -0.123. The van der Waals surface area contributed by atoms with Crippen molar-refractivity contribution in [1.82, 2.24) is 20.0 Å². The van der Waals surface area contributed by atoms with Crippen LogP contribution >= 0.6 is 0 Å². The molecular formula is C11H18N4O. The van der Waals surface area contributed by atoms with Crippen molar-refractivity contribution in [3.8, 4) is 0 Å². The number of nitrogens with zero attached hydrogens (tertiary/aromatic N) is 3. The number of carbonyl (C=O) groups is 1. The minimum absolute atomic E-state index is 0.206. The van der Waals surface area contributed by atoms with E-state index in [1.807, 2.05) is 22.7 Å². The fourth-order valence-corrected chi connectivity index (χ4v) is 1.87. The zero-order valence-electron chi connectivity index (χ0n) is 9.65. The van der Waals surface area contributed by atoms with Crippen LogP contribution in [-0.2, 0) is 17.8 Å². The van der Waals surface area contributed by atoms with Crippen LogP contribution in [0.25, 0.3) is 0 Å². The van der Waals surface area contributed by atoms with Gasteiger partial charge in [-0.3, -0.25) is 9.48 Å². The van der Waals surface area contributed by atoms with Gasteiger partial charge in [-0.05, 0) is 12.5 Å². The first-order chi connectivity index (χ1) is 7.79. The lowest BCUT2D eigenvalue weighted by molar-refractivity contribution is -0.131. The van der Waals surface area contributed by atoms with Crippen LogP contribution in [-0.4, -0.2) is 46.8 Å². The van der Waals surface area contributed by atoms with Crippen molar-refractivity contribution in [3.05, 3.63) is 18.0 Å². The first-order valence-corrected chi connectivity index (χ1v) is 5.79. The molecule has 0 saturated carbocycles. The van der Waals surface area contributed by atoms with E-state index in [4.69, 9.17) is 0 Å². The zero-order chi connectivity index (χ0) is 11.4. The molecule has 0 unspecified atom stereocenters. The fourth-order valence-electron chi connectivity index (χ4n) is 1.87. The maximum Gasteiger partial charge on any atom is 0.227 e. The molecule has 1 aromatic heterocycles. The monoisotopic (exact) mass is 222 g/mol. The summed E-state index contributed by atoms with van der Waals surface area (Å²) in [6.45, 7) is 6.33. The smallest absolute Gasteiger partial charge is 0.227 e. The summed E-state index contributed by atoms with van der Waals surface area (Å²) in [6, 6.07) is 0. The first kappa shape index (κ1) is 11.1. The highest BCUT2D eigenvalue weighted by molar-refractivity contribution is 5.78. The average molecular weight is 222 g/mol. The minimum Gasteiger partial charge on any atom is -0.340 e. The van der Waals surface area contributed by atoms with Gasteiger partial charge in [0.15, 0.2) is 0 Å². The molecule has 1 fully saturated rings. The van der Waals surface area contributed by atoms with Gasteiger partial charge in [0, 0.05) is 38.9 Å². The Morgan fingerprint density at radius 2 is 2.25 bits per heavy atom. The molecule has 1 amide bonds. The SMILES string of the molecule is CCn1cc(CC(=O)N2CCNCC2)cn1. The van der Waals surface area contributed by atoms with Gasteiger partial charge in [0.25, 0.3) is 0 Å². The summed E-state index contributed by atoms with van der Waals surface area (Å²) >= 11 is 0. The third kappa shape index (κ3) is 2.61. The Morgan fingerprint density at radius 1 is 1.50 bits per heavy atom. The molecule has 0 radical (unpaired) electrons. The molecule has 0 atom stereocenters. The molecule has 0 spiro atoms. The van der Waals surface area contributed by atoms with Gasteiger partial charge in [-0.1, -0.05) is 0 Å². The van der Waals surface area contributed by atoms with Gasteiger partial charge >= 0.3 is 0 Å². The number of hydrogen-bond donors (Lipinski definition) is 1. The molecule has 1 aliphatic rings. The molecule has 2 rings (SSSR count). The van der Waals surface area contributed by atoms with E-state index < -0.39 is 0 Å². The normalized spacial score (nSPS) is 16.4. The van der Waals surface area contributed by atoms with E-state index in [-0.39, 0.29) is 5.91 Å². The van der Waals surface area contributed by atoms with Gasteiger partial charge in [-0.25, -0.2) is 0 Å². The van der Waals surface area contributed by atoms with Gasteiger partial charge in [-0.2, -0.15) is 5.10 Å². The average Bonchev–Trinajstić information content (AvgIpc) is 2.78. The second kappa shape index (κ2) is 5.12. The Hall–Kier alpha value is -1.36. The number of nitrogens with one attached hydrogen (secondary N) is 1. The van der Waals surface area contributed by atoms with Gasteiger partial charge in [0.05, 0.1) is 12.6 Å². The van der Waals surface area contributed by atoms with Crippen LogP contribution < -0.4 is 5.32 Å². The number of amides is 1. The van der Waals surface area contributed by atoms with Crippen LogP contribution in [0.4, 0.5) is 0 Å². The number of carbonyl (C=O) groups excluding carboxylic acids is 1. The third-order valence-corrected chi connectivity index (χ3v) is 2.84. The molecule has 0 aliphatic carbocycles. The number of aromatic nitrogens is 2. The lowest BCUT2D eigenvalue weighted by Gasteiger charge is -2.27. The van der Waals surface area contributed by atoms with Crippen LogP contribution in [0.2, 0.25) is 0 Å². The van der Waals surface area contributed by atoms with Crippen LogP contribution in [0.5, 0.6) is 0 Å². The van der Waals surface area contributed by atoms with E-state index in [0.717, 1.165) is 38.3 Å². The predicted molar refractivity (Wildman–Crippen MR) is 61.1 cm³/mol. The van der Waals surface area contributed by atoms with E-state index in [2.05, 4.69) is 10.4 Å². The van der Waals surface area contributed by atoms with Gasteiger partial charge < -0.3 is 10.2 Å². The van der Waals surface area contributed by atoms with E-state index in [1.54, 1.807) is 6.20 Å². The lowest BCUT2D eigenvalue weighted by Crippen LogP contribution is -2.46. The summed E-state index contributed by atoms with van der Waals surface area (Å²) in [4.78, 5) is 13.8. The van der Waals surface area contributed by atoms with Crippen LogP contribution in [0.3, 0.4) is 0 Å². The van der Waals surface area contributed by atoms with Crippen LogP contribution in [0.15, 0.2) is 12.4 Å². The maximum absolute atomic E-state index is 11.9. The highest BCUT2D eigenvalue weighted by Crippen LogP contribution is 2.03. The third-order valence-electron chi connectivity index (χ3n) is 2.84. The number of piperazine rings is 1. The molecule has 16 heavy (non-hydrogen) atoms. The molecular weight excluding hydrogens is 204 g/mol. The zero-order valence-corrected chi connectivity index (χ0v) is 9.65. The van der Waals surface area contributed by atoms with Gasteiger partial charge in [-0.15, -0.1) is 0 Å². The van der Waals surface area contributed by atoms with Crippen molar-refractivity contribution in [2.45, 2.75) is 19.9 Å². The molecule has 1 saturated heterocycles. The largest absolute Gasteiger partial charge is 0.340 e. The molecule has 88 valence electrons. The Balaban J connectivity index is 1.90. The van der Waals surface area contributed by atoms with Gasteiger partial charge in [0.1, 0.15) is 0 Å². The van der Waals surface area contributed by atoms with Crippen molar-refractivity contribution in [2.24, 2.45) is 0 Å². The number of rotatable bonds is 3. The van der Waals surface area contributed by atoms with Crippen LogP contribution in [0.1, 0.15) is 12.5 Å². The molecule has 1 aromatic rings. The summed E-state index contributed by atoms with van der Waals surface area (Å²) in [7, 11) is 0. The number of hydrogen-bond acceptors (Lipinski definition) is 3. The fraction of sp³-hybridized carbons (Fsp3) is 0.636. The topological polar surface area (TPSA) is 50.2 Å². The van der Waals surface area contributed by atoms with Crippen molar-refractivity contribution in [1.29, 1.82) is 0 Å². The molecule has 0 aromatic carbocycles.